The summed E-state index contributed by atoms with van der Waals surface area (Å²) in [6.07, 6.45) is 6.33. The first-order valence-corrected chi connectivity index (χ1v) is 9.27. The molecule has 0 aromatic heterocycles. The zero-order valence-corrected chi connectivity index (χ0v) is 14.2. The summed E-state index contributed by atoms with van der Waals surface area (Å²) in [5, 5.41) is 8.94. The number of rotatable bonds is 10. The van der Waals surface area contributed by atoms with Crippen molar-refractivity contribution in [3.63, 3.8) is 0 Å². The second kappa shape index (κ2) is 9.12. The van der Waals surface area contributed by atoms with E-state index < -0.39 is 16.0 Å². The second-order valence-electron chi connectivity index (χ2n) is 5.12. The van der Waals surface area contributed by atoms with Gasteiger partial charge in [-0.2, -0.15) is 0 Å². The van der Waals surface area contributed by atoms with Gasteiger partial charge in [-0.15, -0.1) is 0 Å². The number of carbonyl (C=O) groups is 1. The summed E-state index contributed by atoms with van der Waals surface area (Å²) >= 11 is 5.87. The molecular formula is C15H22ClNO4S. The van der Waals surface area contributed by atoms with Crippen molar-refractivity contribution in [2.24, 2.45) is 0 Å². The van der Waals surface area contributed by atoms with Crippen molar-refractivity contribution in [1.29, 1.82) is 0 Å². The average Bonchev–Trinajstić information content (AvgIpc) is 2.46. The Kier molecular flexibility index (Phi) is 7.85. The third-order valence-corrected chi connectivity index (χ3v) is 5.23. The zero-order chi connectivity index (χ0) is 16.6. The van der Waals surface area contributed by atoms with Gasteiger partial charge in [0.2, 0.25) is 10.0 Å². The molecule has 0 heterocycles. The van der Waals surface area contributed by atoms with Crippen LogP contribution in [0.25, 0.3) is 0 Å². The van der Waals surface area contributed by atoms with Gasteiger partial charge in [-0.3, -0.25) is 0 Å². The largest absolute Gasteiger partial charge is 0.478 e. The maximum atomic E-state index is 12.2. The number of aromatic carboxylic acids is 1. The third-order valence-electron chi connectivity index (χ3n) is 3.29. The predicted octanol–water partition coefficient (Wildman–Crippen LogP) is 3.68. The Morgan fingerprint density at radius 1 is 1.18 bits per heavy atom. The highest BCUT2D eigenvalue weighted by molar-refractivity contribution is 7.89. The van der Waals surface area contributed by atoms with Gasteiger partial charge in [-0.1, -0.05) is 50.6 Å². The summed E-state index contributed by atoms with van der Waals surface area (Å²) in [6.45, 7) is 2.46. The minimum Gasteiger partial charge on any atom is -0.478 e. The van der Waals surface area contributed by atoms with Gasteiger partial charge in [0.25, 0.3) is 0 Å². The molecule has 0 aliphatic carbocycles. The zero-order valence-electron chi connectivity index (χ0n) is 12.6. The molecule has 0 bridgehead atoms. The number of carboxylic acids is 1. The molecule has 0 unspecified atom stereocenters. The average molecular weight is 348 g/mol. The van der Waals surface area contributed by atoms with Crippen molar-refractivity contribution in [2.45, 2.75) is 50.3 Å². The molecule has 0 radical (unpaired) electrons. The predicted molar refractivity (Wildman–Crippen MR) is 87.0 cm³/mol. The van der Waals surface area contributed by atoms with Crippen LogP contribution in [0, 0.1) is 0 Å². The van der Waals surface area contributed by atoms with Crippen LogP contribution in [0.15, 0.2) is 23.1 Å². The molecule has 5 nitrogen and oxygen atoms in total. The molecule has 0 amide bonds. The molecule has 124 valence electrons. The van der Waals surface area contributed by atoms with Crippen LogP contribution in [-0.4, -0.2) is 26.0 Å². The van der Waals surface area contributed by atoms with Gasteiger partial charge in [0.15, 0.2) is 0 Å². The standard InChI is InChI=1S/C15H22ClNO4S/c1-2-3-4-5-6-7-10-17-22(20,21)14-11-12(15(18)19)8-9-13(14)16/h8-9,11,17H,2-7,10H2,1H3,(H,18,19). The number of benzene rings is 1. The first-order valence-electron chi connectivity index (χ1n) is 7.41. The molecule has 1 rings (SSSR count). The molecule has 7 heteroatoms. The minimum atomic E-state index is -3.79. The summed E-state index contributed by atoms with van der Waals surface area (Å²) in [4.78, 5) is 10.7. The smallest absolute Gasteiger partial charge is 0.335 e. The van der Waals surface area contributed by atoms with Crippen molar-refractivity contribution in [2.75, 3.05) is 6.54 Å². The molecular weight excluding hydrogens is 326 g/mol. The van der Waals surface area contributed by atoms with Crippen LogP contribution in [0.3, 0.4) is 0 Å². The van der Waals surface area contributed by atoms with Gasteiger partial charge >= 0.3 is 5.97 Å². The molecule has 0 saturated carbocycles. The van der Waals surface area contributed by atoms with Crippen LogP contribution in [0.1, 0.15) is 55.8 Å². The Balaban J connectivity index is 2.59. The summed E-state index contributed by atoms with van der Waals surface area (Å²) in [7, 11) is -3.79. The van der Waals surface area contributed by atoms with E-state index in [4.69, 9.17) is 16.7 Å². The first kappa shape index (κ1) is 18.9. The number of sulfonamides is 1. The fourth-order valence-electron chi connectivity index (χ4n) is 2.03. The van der Waals surface area contributed by atoms with E-state index in [9.17, 15) is 13.2 Å². The topological polar surface area (TPSA) is 83.5 Å². The van der Waals surface area contributed by atoms with Gasteiger partial charge in [0.05, 0.1) is 10.6 Å². The van der Waals surface area contributed by atoms with Gasteiger partial charge in [-0.25, -0.2) is 17.9 Å². The fraction of sp³-hybridized carbons (Fsp3) is 0.533. The lowest BCUT2D eigenvalue weighted by Crippen LogP contribution is -2.25. The highest BCUT2D eigenvalue weighted by atomic mass is 35.5. The van der Waals surface area contributed by atoms with Crippen molar-refractivity contribution in [3.05, 3.63) is 28.8 Å². The summed E-state index contributed by atoms with van der Waals surface area (Å²) in [6, 6.07) is 3.63. The van der Waals surface area contributed by atoms with E-state index >= 15 is 0 Å². The molecule has 0 spiro atoms. The normalized spacial score (nSPS) is 11.5. The van der Waals surface area contributed by atoms with Crippen LogP contribution in [-0.2, 0) is 10.0 Å². The maximum Gasteiger partial charge on any atom is 0.335 e. The SMILES string of the molecule is CCCCCCCCNS(=O)(=O)c1cc(C(=O)O)ccc1Cl. The summed E-state index contributed by atoms with van der Waals surface area (Å²) in [5.41, 5.74) is -0.107. The van der Waals surface area contributed by atoms with Gasteiger partial charge < -0.3 is 5.11 Å². The van der Waals surface area contributed by atoms with Crippen LogP contribution < -0.4 is 4.72 Å². The highest BCUT2D eigenvalue weighted by Crippen LogP contribution is 2.22. The number of hydrogen-bond donors (Lipinski definition) is 2. The van der Waals surface area contributed by atoms with Gasteiger partial charge in [-0.05, 0) is 24.6 Å². The molecule has 0 aliphatic heterocycles. The highest BCUT2D eigenvalue weighted by Gasteiger charge is 2.19. The van der Waals surface area contributed by atoms with Crippen molar-refractivity contribution in [3.8, 4) is 0 Å². The molecule has 1 aromatic carbocycles. The van der Waals surface area contributed by atoms with Crippen LogP contribution in [0.2, 0.25) is 5.02 Å². The molecule has 0 aliphatic rings. The number of nitrogens with one attached hydrogen (secondary N) is 1. The minimum absolute atomic E-state index is 0.0143. The van der Waals surface area contributed by atoms with Gasteiger partial charge in [0.1, 0.15) is 4.90 Å². The number of unbranched alkanes of at least 4 members (excludes halogenated alkanes) is 5. The van der Waals surface area contributed by atoms with E-state index in [1.807, 2.05) is 0 Å². The van der Waals surface area contributed by atoms with E-state index in [-0.39, 0.29) is 15.5 Å². The molecule has 2 N–H and O–H groups in total. The van der Waals surface area contributed by atoms with Crippen molar-refractivity contribution < 1.29 is 18.3 Å². The lowest BCUT2D eigenvalue weighted by molar-refractivity contribution is 0.0696. The maximum absolute atomic E-state index is 12.2. The lowest BCUT2D eigenvalue weighted by Gasteiger charge is -2.09. The van der Waals surface area contributed by atoms with E-state index in [0.717, 1.165) is 31.7 Å². The Morgan fingerprint density at radius 3 is 2.45 bits per heavy atom. The van der Waals surface area contributed by atoms with E-state index in [2.05, 4.69) is 11.6 Å². The molecule has 22 heavy (non-hydrogen) atoms. The molecule has 0 fully saturated rings. The van der Waals surface area contributed by atoms with Gasteiger partial charge in [0, 0.05) is 6.54 Å². The molecule has 1 aromatic rings. The third kappa shape index (κ3) is 5.94. The van der Waals surface area contributed by atoms with Crippen molar-refractivity contribution in [1.82, 2.24) is 4.72 Å². The van der Waals surface area contributed by atoms with Crippen LogP contribution >= 0.6 is 11.6 Å². The summed E-state index contributed by atoms with van der Waals surface area (Å²) in [5.74, 6) is -1.19. The van der Waals surface area contributed by atoms with E-state index in [0.29, 0.717) is 6.54 Å². The van der Waals surface area contributed by atoms with Crippen LogP contribution in [0.5, 0.6) is 0 Å². The number of hydrogen-bond acceptors (Lipinski definition) is 3. The number of carboxylic acid groups (broad SMARTS) is 1. The lowest BCUT2D eigenvalue weighted by atomic mass is 10.1. The molecule has 0 saturated heterocycles. The Hall–Kier alpha value is -1.11. The summed E-state index contributed by atoms with van der Waals surface area (Å²) < 4.78 is 26.8. The van der Waals surface area contributed by atoms with E-state index in [1.165, 1.54) is 25.0 Å². The number of halogens is 1. The first-order chi connectivity index (χ1) is 10.4. The van der Waals surface area contributed by atoms with E-state index in [1.54, 1.807) is 0 Å². The fourth-order valence-corrected chi connectivity index (χ4v) is 3.63. The Labute approximate surface area is 136 Å². The Bertz CT molecular complexity index is 602. The van der Waals surface area contributed by atoms with Crippen molar-refractivity contribution >= 4 is 27.6 Å². The molecule has 0 atom stereocenters. The Morgan fingerprint density at radius 2 is 1.82 bits per heavy atom. The monoisotopic (exact) mass is 347 g/mol. The van der Waals surface area contributed by atoms with Crippen LogP contribution in [0.4, 0.5) is 0 Å². The second-order valence-corrected chi connectivity index (χ2v) is 7.26. The quantitative estimate of drug-likeness (QED) is 0.632.